The van der Waals surface area contributed by atoms with Gasteiger partial charge in [0.05, 0.1) is 29.5 Å². The molecule has 0 aromatic carbocycles. The second kappa shape index (κ2) is 4.13. The number of nitrogens with zero attached hydrogens (tertiary/aromatic N) is 5. The van der Waals surface area contributed by atoms with Crippen molar-refractivity contribution in [1.82, 2.24) is 30.1 Å². The minimum atomic E-state index is 0.206. The number of aromatic nitrogens is 5. The van der Waals surface area contributed by atoms with Crippen LogP contribution in [0.3, 0.4) is 0 Å². The zero-order chi connectivity index (χ0) is 12.7. The SMILES string of the molecule is c1cn2ncc(-c3nc(C4CCCN4)no3)c2cn1. The van der Waals surface area contributed by atoms with Gasteiger partial charge in [-0.15, -0.1) is 0 Å². The van der Waals surface area contributed by atoms with Gasteiger partial charge in [-0.3, -0.25) is 4.98 Å². The predicted molar refractivity (Wildman–Crippen MR) is 66.3 cm³/mol. The molecule has 0 bridgehead atoms. The minimum absolute atomic E-state index is 0.206. The van der Waals surface area contributed by atoms with Gasteiger partial charge in [-0.2, -0.15) is 10.1 Å². The van der Waals surface area contributed by atoms with E-state index >= 15 is 0 Å². The Hall–Kier alpha value is -2.28. The van der Waals surface area contributed by atoms with E-state index in [1.165, 1.54) is 0 Å². The summed E-state index contributed by atoms with van der Waals surface area (Å²) in [5.41, 5.74) is 1.67. The van der Waals surface area contributed by atoms with Crippen molar-refractivity contribution in [3.05, 3.63) is 30.6 Å². The van der Waals surface area contributed by atoms with Crippen molar-refractivity contribution in [2.45, 2.75) is 18.9 Å². The third-order valence-electron chi connectivity index (χ3n) is 3.37. The van der Waals surface area contributed by atoms with Crippen molar-refractivity contribution in [1.29, 1.82) is 0 Å². The van der Waals surface area contributed by atoms with Gasteiger partial charge in [0, 0.05) is 12.4 Å². The number of hydrogen-bond acceptors (Lipinski definition) is 6. The zero-order valence-electron chi connectivity index (χ0n) is 10.2. The first-order chi connectivity index (χ1) is 9.42. The van der Waals surface area contributed by atoms with Crippen LogP contribution in [0, 0.1) is 0 Å². The van der Waals surface area contributed by atoms with Gasteiger partial charge in [0.15, 0.2) is 5.82 Å². The van der Waals surface area contributed by atoms with E-state index in [1.54, 1.807) is 29.3 Å². The Morgan fingerprint density at radius 2 is 2.37 bits per heavy atom. The van der Waals surface area contributed by atoms with E-state index in [-0.39, 0.29) is 6.04 Å². The second-order valence-corrected chi connectivity index (χ2v) is 4.57. The molecule has 0 aliphatic carbocycles. The van der Waals surface area contributed by atoms with Gasteiger partial charge in [-0.25, -0.2) is 4.52 Å². The molecular formula is C12H12N6O. The normalized spacial score (nSPS) is 19.3. The lowest BCUT2D eigenvalue weighted by Gasteiger charge is -2.01. The topological polar surface area (TPSA) is 81.1 Å². The van der Waals surface area contributed by atoms with Crippen LogP contribution in [-0.4, -0.2) is 31.3 Å². The van der Waals surface area contributed by atoms with E-state index in [4.69, 9.17) is 4.52 Å². The van der Waals surface area contributed by atoms with Crippen LogP contribution in [0.2, 0.25) is 0 Å². The lowest BCUT2D eigenvalue weighted by Crippen LogP contribution is -2.14. The van der Waals surface area contributed by atoms with Crippen molar-refractivity contribution in [3.63, 3.8) is 0 Å². The highest BCUT2D eigenvalue weighted by atomic mass is 16.5. The Balaban J connectivity index is 1.76. The Labute approximate surface area is 108 Å². The molecule has 1 aliphatic rings. The van der Waals surface area contributed by atoms with Gasteiger partial charge < -0.3 is 9.84 Å². The Morgan fingerprint density at radius 1 is 1.37 bits per heavy atom. The summed E-state index contributed by atoms with van der Waals surface area (Å²) >= 11 is 0. The molecule has 1 atom stereocenters. The van der Waals surface area contributed by atoms with E-state index in [0.29, 0.717) is 5.89 Å². The van der Waals surface area contributed by atoms with Crippen LogP contribution in [0.4, 0.5) is 0 Å². The molecule has 7 heteroatoms. The highest BCUT2D eigenvalue weighted by molar-refractivity contribution is 5.73. The van der Waals surface area contributed by atoms with Gasteiger partial charge >= 0.3 is 0 Å². The van der Waals surface area contributed by atoms with E-state index in [2.05, 4.69) is 25.5 Å². The molecule has 19 heavy (non-hydrogen) atoms. The highest BCUT2D eigenvalue weighted by Gasteiger charge is 2.23. The van der Waals surface area contributed by atoms with Crippen molar-refractivity contribution in [2.24, 2.45) is 0 Å². The lowest BCUT2D eigenvalue weighted by molar-refractivity contribution is 0.412. The van der Waals surface area contributed by atoms with Crippen LogP contribution in [0.1, 0.15) is 24.7 Å². The molecule has 1 aliphatic heterocycles. The van der Waals surface area contributed by atoms with E-state index < -0.39 is 0 Å². The molecule has 4 rings (SSSR count). The summed E-state index contributed by atoms with van der Waals surface area (Å²) in [6, 6.07) is 0.206. The summed E-state index contributed by atoms with van der Waals surface area (Å²) in [6.45, 7) is 1.01. The molecule has 0 amide bonds. The average molecular weight is 256 g/mol. The predicted octanol–water partition coefficient (Wildman–Crippen LogP) is 1.20. The monoisotopic (exact) mass is 256 g/mol. The number of nitrogens with one attached hydrogen (secondary N) is 1. The van der Waals surface area contributed by atoms with E-state index in [1.807, 2.05) is 0 Å². The molecule has 1 fully saturated rings. The van der Waals surface area contributed by atoms with Gasteiger partial charge in [0.1, 0.15) is 0 Å². The van der Waals surface area contributed by atoms with Crippen LogP contribution in [-0.2, 0) is 0 Å². The van der Waals surface area contributed by atoms with Crippen LogP contribution in [0.5, 0.6) is 0 Å². The molecule has 0 spiro atoms. The third kappa shape index (κ3) is 1.70. The molecule has 3 aromatic rings. The van der Waals surface area contributed by atoms with Crippen LogP contribution in [0.25, 0.3) is 17.0 Å². The van der Waals surface area contributed by atoms with Crippen LogP contribution >= 0.6 is 0 Å². The number of hydrogen-bond donors (Lipinski definition) is 1. The molecule has 1 saturated heterocycles. The Kier molecular flexibility index (Phi) is 2.31. The first-order valence-corrected chi connectivity index (χ1v) is 6.26. The van der Waals surface area contributed by atoms with Crippen molar-refractivity contribution in [3.8, 4) is 11.5 Å². The van der Waals surface area contributed by atoms with Gasteiger partial charge in [0.25, 0.3) is 5.89 Å². The molecule has 4 heterocycles. The quantitative estimate of drug-likeness (QED) is 0.742. The zero-order valence-corrected chi connectivity index (χ0v) is 10.2. The summed E-state index contributed by atoms with van der Waals surface area (Å²) in [7, 11) is 0. The molecule has 96 valence electrons. The van der Waals surface area contributed by atoms with Crippen LogP contribution < -0.4 is 5.32 Å². The van der Waals surface area contributed by atoms with Gasteiger partial charge in [-0.05, 0) is 19.4 Å². The fourth-order valence-electron chi connectivity index (χ4n) is 2.39. The number of rotatable bonds is 2. The summed E-state index contributed by atoms with van der Waals surface area (Å²) in [5.74, 6) is 1.21. The maximum absolute atomic E-state index is 5.35. The molecule has 0 saturated carbocycles. The molecule has 1 unspecified atom stereocenters. The number of fused-ring (bicyclic) bond motifs is 1. The maximum atomic E-state index is 5.35. The smallest absolute Gasteiger partial charge is 0.261 e. The minimum Gasteiger partial charge on any atom is -0.334 e. The van der Waals surface area contributed by atoms with Gasteiger partial charge in [-0.1, -0.05) is 5.16 Å². The fraction of sp³-hybridized carbons (Fsp3) is 0.333. The van der Waals surface area contributed by atoms with Crippen molar-refractivity contribution < 1.29 is 4.52 Å². The summed E-state index contributed by atoms with van der Waals surface area (Å²) in [6.07, 6.45) is 9.13. The average Bonchev–Trinajstić information content (AvgIpc) is 3.18. The third-order valence-corrected chi connectivity index (χ3v) is 3.37. The molecule has 3 aromatic heterocycles. The summed E-state index contributed by atoms with van der Waals surface area (Å²) < 4.78 is 7.08. The van der Waals surface area contributed by atoms with Crippen molar-refractivity contribution in [2.75, 3.05) is 6.54 Å². The first-order valence-electron chi connectivity index (χ1n) is 6.26. The maximum Gasteiger partial charge on any atom is 0.261 e. The van der Waals surface area contributed by atoms with Crippen LogP contribution in [0.15, 0.2) is 29.3 Å². The molecule has 7 nitrogen and oxygen atoms in total. The lowest BCUT2D eigenvalue weighted by atomic mass is 10.2. The van der Waals surface area contributed by atoms with E-state index in [9.17, 15) is 0 Å². The first kappa shape index (κ1) is 10.6. The molecule has 0 radical (unpaired) electrons. The summed E-state index contributed by atoms with van der Waals surface area (Å²) in [4.78, 5) is 8.56. The summed E-state index contributed by atoms with van der Waals surface area (Å²) in [5, 5.41) is 11.6. The Morgan fingerprint density at radius 3 is 3.26 bits per heavy atom. The van der Waals surface area contributed by atoms with Gasteiger partial charge in [0.2, 0.25) is 0 Å². The molecular weight excluding hydrogens is 244 g/mol. The standard InChI is InChI=1S/C12H12N6O/c1-2-9(14-3-1)11-16-12(19-17-11)8-6-15-18-5-4-13-7-10(8)18/h4-7,9,14H,1-3H2. The van der Waals surface area contributed by atoms with E-state index in [0.717, 1.165) is 36.3 Å². The fourth-order valence-corrected chi connectivity index (χ4v) is 2.39. The van der Waals surface area contributed by atoms with Crippen molar-refractivity contribution >= 4 is 5.52 Å². The highest BCUT2D eigenvalue weighted by Crippen LogP contribution is 2.26. The Bertz CT molecular complexity index is 712. The largest absolute Gasteiger partial charge is 0.334 e. The molecule has 1 N–H and O–H groups in total. The second-order valence-electron chi connectivity index (χ2n) is 4.57.